The van der Waals surface area contributed by atoms with Gasteiger partial charge in [0, 0.05) is 37.1 Å². The zero-order valence-electron chi connectivity index (χ0n) is 17.5. The average molecular weight is 433 g/mol. The van der Waals surface area contributed by atoms with Gasteiger partial charge in [0.15, 0.2) is 0 Å². The fourth-order valence-electron chi connectivity index (χ4n) is 2.84. The van der Waals surface area contributed by atoms with Crippen LogP contribution in [0.4, 0.5) is 24.7 Å². The van der Waals surface area contributed by atoms with Crippen molar-refractivity contribution in [3.63, 3.8) is 0 Å². The lowest BCUT2D eigenvalue weighted by Crippen LogP contribution is -2.36. The summed E-state index contributed by atoms with van der Waals surface area (Å²) in [7, 11) is 0. The first-order chi connectivity index (χ1) is 14.9. The number of hydrogen-bond acceptors (Lipinski definition) is 5. The molecule has 0 saturated carbocycles. The molecule has 0 unspecified atom stereocenters. The Morgan fingerprint density at radius 2 is 1.81 bits per heavy atom. The van der Waals surface area contributed by atoms with Crippen molar-refractivity contribution in [1.82, 2.24) is 4.98 Å². The third-order valence-electron chi connectivity index (χ3n) is 4.33. The molecule has 2 heterocycles. The number of halogens is 3. The van der Waals surface area contributed by atoms with E-state index in [1.165, 1.54) is 18.2 Å². The molecule has 6 nitrogen and oxygen atoms in total. The molecule has 0 bridgehead atoms. The van der Waals surface area contributed by atoms with Crippen molar-refractivity contribution in [2.24, 2.45) is 10.7 Å². The number of benzene rings is 1. The Hall–Kier alpha value is -3.20. The second kappa shape index (κ2) is 11.3. The van der Waals surface area contributed by atoms with E-state index < -0.39 is 11.7 Å². The molecule has 1 aliphatic heterocycles. The van der Waals surface area contributed by atoms with E-state index in [0.717, 1.165) is 37.3 Å². The molecule has 3 N–H and O–H groups in total. The highest BCUT2D eigenvalue weighted by molar-refractivity contribution is 6.16. The van der Waals surface area contributed by atoms with Gasteiger partial charge in [-0.15, -0.1) is 0 Å². The lowest BCUT2D eigenvalue weighted by Gasteiger charge is -2.27. The third kappa shape index (κ3) is 6.92. The van der Waals surface area contributed by atoms with Crippen LogP contribution in [0.15, 0.2) is 53.7 Å². The van der Waals surface area contributed by atoms with Crippen molar-refractivity contribution in [2.45, 2.75) is 20.0 Å². The largest absolute Gasteiger partial charge is 0.416 e. The van der Waals surface area contributed by atoms with E-state index >= 15 is 0 Å². The number of ether oxygens (including phenoxy) is 1. The third-order valence-corrected chi connectivity index (χ3v) is 4.33. The number of anilines is 1. The van der Waals surface area contributed by atoms with Crippen molar-refractivity contribution in [2.75, 3.05) is 31.2 Å². The van der Waals surface area contributed by atoms with Crippen LogP contribution < -0.4 is 10.6 Å². The Kier molecular flexibility index (Phi) is 8.75. The second-order valence-corrected chi connectivity index (χ2v) is 6.33. The highest BCUT2D eigenvalue weighted by Crippen LogP contribution is 2.30. The molecular weight excluding hydrogens is 407 g/mol. The number of aromatic nitrogens is 1. The van der Waals surface area contributed by atoms with E-state index in [1.807, 2.05) is 13.8 Å². The molecule has 31 heavy (non-hydrogen) atoms. The molecular formula is C22H26F3N5O. The van der Waals surface area contributed by atoms with Gasteiger partial charge in [-0.3, -0.25) is 0 Å². The number of amidine groups is 1. The van der Waals surface area contributed by atoms with Crippen molar-refractivity contribution in [3.8, 4) is 0 Å². The molecule has 1 aromatic carbocycles. The summed E-state index contributed by atoms with van der Waals surface area (Å²) in [6, 6.07) is 8.04. The highest BCUT2D eigenvalue weighted by atomic mass is 19.4. The number of nitrogens with one attached hydrogen (secondary N) is 1. The maximum atomic E-state index is 12.7. The van der Waals surface area contributed by atoms with Crippen molar-refractivity contribution in [3.05, 3.63) is 59.8 Å². The van der Waals surface area contributed by atoms with E-state index in [4.69, 9.17) is 15.9 Å². The number of alkyl halides is 3. The maximum absolute atomic E-state index is 12.7. The molecule has 2 aromatic rings. The summed E-state index contributed by atoms with van der Waals surface area (Å²) in [4.78, 5) is 10.7. The minimum atomic E-state index is -4.41. The summed E-state index contributed by atoms with van der Waals surface area (Å²) >= 11 is 0. The van der Waals surface area contributed by atoms with Crippen molar-refractivity contribution in [1.29, 1.82) is 5.41 Å². The Labute approximate surface area is 179 Å². The molecule has 1 aromatic heterocycles. The minimum Gasteiger partial charge on any atom is -0.384 e. The van der Waals surface area contributed by atoms with E-state index in [2.05, 4.69) is 14.9 Å². The van der Waals surface area contributed by atoms with Crippen LogP contribution >= 0.6 is 0 Å². The Bertz CT molecular complexity index is 917. The van der Waals surface area contributed by atoms with Gasteiger partial charge in [0.25, 0.3) is 0 Å². The Morgan fingerprint density at radius 3 is 2.39 bits per heavy atom. The predicted molar refractivity (Wildman–Crippen MR) is 118 cm³/mol. The van der Waals surface area contributed by atoms with Gasteiger partial charge in [-0.25, -0.2) is 9.98 Å². The van der Waals surface area contributed by atoms with Gasteiger partial charge in [0.05, 0.1) is 24.5 Å². The second-order valence-electron chi connectivity index (χ2n) is 6.33. The Balaban J connectivity index is 0.00000166. The van der Waals surface area contributed by atoms with Crippen LogP contribution in [0.2, 0.25) is 0 Å². The molecule has 9 heteroatoms. The van der Waals surface area contributed by atoms with E-state index in [0.29, 0.717) is 30.0 Å². The molecule has 1 fully saturated rings. The summed E-state index contributed by atoms with van der Waals surface area (Å²) < 4.78 is 43.5. The summed E-state index contributed by atoms with van der Waals surface area (Å²) in [6.45, 7) is 6.74. The molecule has 0 atom stereocenters. The van der Waals surface area contributed by atoms with Crippen LogP contribution in [-0.2, 0) is 10.9 Å². The lowest BCUT2D eigenvalue weighted by molar-refractivity contribution is -0.137. The highest BCUT2D eigenvalue weighted by Gasteiger charge is 2.30. The number of allylic oxidation sites excluding steroid dienone is 1. The number of morpholine rings is 1. The zero-order valence-corrected chi connectivity index (χ0v) is 17.5. The fourth-order valence-corrected chi connectivity index (χ4v) is 2.84. The van der Waals surface area contributed by atoms with E-state index in [1.54, 1.807) is 18.3 Å². The molecule has 0 amide bonds. The van der Waals surface area contributed by atoms with Gasteiger partial charge in [0.2, 0.25) is 0 Å². The molecule has 166 valence electrons. The van der Waals surface area contributed by atoms with Crippen LogP contribution in [0.1, 0.15) is 25.0 Å². The Morgan fingerprint density at radius 1 is 1.16 bits per heavy atom. The molecule has 1 aliphatic rings. The van der Waals surface area contributed by atoms with Crippen LogP contribution in [0, 0.1) is 5.41 Å². The molecule has 0 aliphatic carbocycles. The van der Waals surface area contributed by atoms with Gasteiger partial charge in [0.1, 0.15) is 11.7 Å². The predicted octanol–water partition coefficient (Wildman–Crippen LogP) is 4.69. The van der Waals surface area contributed by atoms with Gasteiger partial charge < -0.3 is 20.8 Å². The van der Waals surface area contributed by atoms with Gasteiger partial charge in [-0.1, -0.05) is 26.0 Å². The quantitative estimate of drug-likeness (QED) is 0.529. The summed E-state index contributed by atoms with van der Waals surface area (Å²) in [5.74, 6) is 0.892. The van der Waals surface area contributed by atoms with Gasteiger partial charge in [-0.05, 0) is 29.8 Å². The van der Waals surface area contributed by atoms with Gasteiger partial charge >= 0.3 is 6.18 Å². The normalized spacial score (nSPS) is 15.2. The smallest absolute Gasteiger partial charge is 0.384 e. The zero-order chi connectivity index (χ0) is 22.9. The SMILES string of the molecule is CC.N=C/C(=C\C(N)=Nc1ccnc(N2CCOCC2)c1)c1ccc(C(F)(F)F)cc1. The number of nitrogens with zero attached hydrogens (tertiary/aromatic N) is 3. The summed E-state index contributed by atoms with van der Waals surface area (Å²) in [5.41, 5.74) is 6.61. The minimum absolute atomic E-state index is 0.127. The topological polar surface area (TPSA) is 87.6 Å². The molecule has 0 radical (unpaired) electrons. The average Bonchev–Trinajstić information content (AvgIpc) is 2.79. The molecule has 1 saturated heterocycles. The first kappa shape index (κ1) is 24.1. The van der Waals surface area contributed by atoms with Crippen LogP contribution in [0.25, 0.3) is 5.57 Å². The number of nitrogens with two attached hydrogens (primary N) is 1. The number of rotatable bonds is 5. The first-order valence-electron chi connectivity index (χ1n) is 9.89. The van der Waals surface area contributed by atoms with Crippen molar-refractivity contribution >= 4 is 29.1 Å². The number of pyridine rings is 1. The first-order valence-corrected chi connectivity index (χ1v) is 9.89. The molecule has 0 spiro atoms. The van der Waals surface area contributed by atoms with Crippen molar-refractivity contribution < 1.29 is 17.9 Å². The van der Waals surface area contributed by atoms with E-state index in [9.17, 15) is 13.2 Å². The monoisotopic (exact) mass is 433 g/mol. The van der Waals surface area contributed by atoms with Crippen LogP contribution in [0.5, 0.6) is 0 Å². The maximum Gasteiger partial charge on any atom is 0.416 e. The van der Waals surface area contributed by atoms with E-state index in [-0.39, 0.29) is 5.84 Å². The fraction of sp³-hybridized carbons (Fsp3) is 0.318. The lowest BCUT2D eigenvalue weighted by atomic mass is 10.0. The summed E-state index contributed by atoms with van der Waals surface area (Å²) in [6.07, 6.45) is -0.303. The molecule has 3 rings (SSSR count). The van der Waals surface area contributed by atoms with Gasteiger partial charge in [-0.2, -0.15) is 13.2 Å². The summed E-state index contributed by atoms with van der Waals surface area (Å²) in [5, 5.41) is 7.56. The standard InChI is InChI=1S/C20H20F3N5O.C2H6/c21-20(22,23)16-3-1-14(2-4-16)15(13-24)11-18(25)27-17-5-6-26-19(12-17)28-7-9-29-10-8-28;1-2/h1-6,11-13,24H,7-10H2,(H2,25,26,27);1-2H3/b15-11+,24-13?;. The van der Waals surface area contributed by atoms with Crippen LogP contribution in [0.3, 0.4) is 0 Å². The number of hydrogen-bond donors (Lipinski definition) is 2. The van der Waals surface area contributed by atoms with Crippen LogP contribution in [-0.4, -0.2) is 43.3 Å². The number of aliphatic imine (C=N–C) groups is 1.